The smallest absolute Gasteiger partial charge is 0.306 e. The number of nitrogens with one attached hydrogen (secondary N) is 1. The van der Waals surface area contributed by atoms with Crippen LogP contribution in [-0.4, -0.2) is 99.6 Å². The maximum absolute atomic E-state index is 13.5. The lowest BCUT2D eigenvalue weighted by atomic mass is 9.99. The molecule has 1 amide bonds. The molecule has 1 rings (SSSR count). The number of hydrogen-bond donors (Lipinski definition) is 6. The van der Waals surface area contributed by atoms with E-state index in [4.69, 9.17) is 14.2 Å². The minimum Gasteiger partial charge on any atom is -0.454 e. The fourth-order valence-electron chi connectivity index (χ4n) is 11.5. The summed E-state index contributed by atoms with van der Waals surface area (Å²) in [5.41, 5.74) is 0. The van der Waals surface area contributed by atoms with Gasteiger partial charge in [-0.2, -0.15) is 0 Å². The van der Waals surface area contributed by atoms with Crippen LogP contribution in [0.1, 0.15) is 348 Å². The van der Waals surface area contributed by atoms with Crippen LogP contribution in [-0.2, 0) is 23.8 Å². The number of carbonyl (C=O) groups is 2. The van der Waals surface area contributed by atoms with Gasteiger partial charge >= 0.3 is 5.97 Å². The van der Waals surface area contributed by atoms with Crippen molar-refractivity contribution in [3.05, 3.63) is 60.8 Å². The SMILES string of the molecule is CCCCC/C=C\C/C=C\C/C=C\CCCCCCCCCCCC(O)C(=O)NC(COC1OC(CO)C(O)C(O)C1OC(=O)CCCCCCCCCCCCCCC/C=C/CCCCCCCC)C(O)/C=C/CCCCCCCCCCCCC. The molecular weight excluding hydrogens is 1090 g/mol. The van der Waals surface area contributed by atoms with Crippen LogP contribution in [0.2, 0.25) is 0 Å². The maximum atomic E-state index is 13.5. The van der Waals surface area contributed by atoms with Gasteiger partial charge in [0.15, 0.2) is 12.4 Å². The molecule has 0 spiro atoms. The summed E-state index contributed by atoms with van der Waals surface area (Å²) in [6.45, 7) is 5.81. The Morgan fingerprint density at radius 1 is 0.448 bits per heavy atom. The zero-order valence-corrected chi connectivity index (χ0v) is 56.6. The van der Waals surface area contributed by atoms with E-state index in [1.54, 1.807) is 6.08 Å². The van der Waals surface area contributed by atoms with Gasteiger partial charge < -0.3 is 45.1 Å². The number of carbonyl (C=O) groups excluding carboxylic acids is 2. The Hall–Kier alpha value is -2.64. The zero-order chi connectivity index (χ0) is 63.1. The molecule has 1 aliphatic heterocycles. The summed E-state index contributed by atoms with van der Waals surface area (Å²) in [7, 11) is 0. The standard InChI is InChI=1S/C76H139NO10/c1-4-7-10-13-16-19-22-25-27-29-31-33-35-37-39-41-43-46-49-52-55-58-61-64-71(81)87-74-73(83)72(82)70(65-78)86-76(74)85-66-67(68(79)62-59-56-53-50-47-44-24-21-18-15-12-9-6-3)77-75(84)69(80)63-60-57-54-51-48-45-42-40-38-36-34-32-30-28-26-23-20-17-14-11-8-5-2/h17,20,25-28,32,34,59,62,67-70,72-74,76,78-80,82-83H,4-16,18-19,21-24,29-31,33,35-58,60-61,63-66H2,1-3H3,(H,77,84)/b20-17-,27-25+,28-26-,34-32-,62-59+. The fourth-order valence-corrected chi connectivity index (χ4v) is 11.5. The fraction of sp³-hybridized carbons (Fsp3) is 0.842. The van der Waals surface area contributed by atoms with Crippen molar-refractivity contribution in [1.29, 1.82) is 0 Å². The number of aliphatic hydroxyl groups is 5. The van der Waals surface area contributed by atoms with E-state index in [0.29, 0.717) is 12.8 Å². The molecule has 0 bridgehead atoms. The third-order valence-corrected chi connectivity index (χ3v) is 17.4. The molecule has 0 saturated carbocycles. The van der Waals surface area contributed by atoms with Crippen LogP contribution >= 0.6 is 0 Å². The highest BCUT2D eigenvalue weighted by molar-refractivity contribution is 5.80. The highest BCUT2D eigenvalue weighted by Crippen LogP contribution is 2.26. The lowest BCUT2D eigenvalue weighted by Gasteiger charge is -2.41. The third-order valence-electron chi connectivity index (χ3n) is 17.4. The predicted molar refractivity (Wildman–Crippen MR) is 366 cm³/mol. The number of esters is 1. The number of ether oxygens (including phenoxy) is 3. The molecular formula is C76H139NO10. The van der Waals surface area contributed by atoms with E-state index in [0.717, 1.165) is 77.0 Å². The van der Waals surface area contributed by atoms with Gasteiger partial charge in [0.2, 0.25) is 5.91 Å². The van der Waals surface area contributed by atoms with E-state index in [1.165, 1.54) is 225 Å². The molecule has 0 aliphatic carbocycles. The Labute approximate surface area is 535 Å². The molecule has 508 valence electrons. The van der Waals surface area contributed by atoms with Crippen molar-refractivity contribution in [2.45, 2.75) is 397 Å². The predicted octanol–water partition coefficient (Wildman–Crippen LogP) is 19.3. The summed E-state index contributed by atoms with van der Waals surface area (Å²) in [4.78, 5) is 26.7. The summed E-state index contributed by atoms with van der Waals surface area (Å²) in [6.07, 6.45) is 71.1. The van der Waals surface area contributed by atoms with Crippen molar-refractivity contribution in [1.82, 2.24) is 5.32 Å². The highest BCUT2D eigenvalue weighted by Gasteiger charge is 2.47. The van der Waals surface area contributed by atoms with Gasteiger partial charge in [-0.1, -0.05) is 313 Å². The number of rotatable bonds is 64. The molecule has 0 radical (unpaired) electrons. The van der Waals surface area contributed by atoms with E-state index in [1.807, 2.05) is 6.08 Å². The Morgan fingerprint density at radius 2 is 0.793 bits per heavy atom. The number of unbranched alkanes of at least 4 members (excludes halogenated alkanes) is 42. The second-order valence-electron chi connectivity index (χ2n) is 25.7. The van der Waals surface area contributed by atoms with Gasteiger partial charge in [0, 0.05) is 6.42 Å². The van der Waals surface area contributed by atoms with Crippen molar-refractivity contribution >= 4 is 11.9 Å². The average molecular weight is 1230 g/mol. The lowest BCUT2D eigenvalue weighted by molar-refractivity contribution is -0.305. The molecule has 8 atom stereocenters. The normalized spacial score (nSPS) is 18.6. The minimum absolute atomic E-state index is 0.124. The van der Waals surface area contributed by atoms with Crippen LogP contribution < -0.4 is 5.32 Å². The topological polar surface area (TPSA) is 175 Å². The summed E-state index contributed by atoms with van der Waals surface area (Å²) in [6, 6.07) is -1.03. The first-order valence-electron chi connectivity index (χ1n) is 37.1. The molecule has 0 aromatic heterocycles. The largest absolute Gasteiger partial charge is 0.454 e. The van der Waals surface area contributed by atoms with Crippen LogP contribution in [0.25, 0.3) is 0 Å². The summed E-state index contributed by atoms with van der Waals surface area (Å²) >= 11 is 0. The first kappa shape index (κ1) is 82.4. The van der Waals surface area contributed by atoms with Crippen molar-refractivity contribution in [2.24, 2.45) is 0 Å². The Bertz CT molecular complexity index is 1650. The van der Waals surface area contributed by atoms with Gasteiger partial charge in [0.05, 0.1) is 25.4 Å². The molecule has 6 N–H and O–H groups in total. The third kappa shape index (κ3) is 50.7. The molecule has 11 nitrogen and oxygen atoms in total. The monoisotopic (exact) mass is 1230 g/mol. The molecule has 1 fully saturated rings. The average Bonchev–Trinajstić information content (AvgIpc) is 2.25. The van der Waals surface area contributed by atoms with Crippen molar-refractivity contribution in [3.63, 3.8) is 0 Å². The van der Waals surface area contributed by atoms with Gasteiger partial charge in [-0.05, 0) is 89.9 Å². The van der Waals surface area contributed by atoms with Crippen LogP contribution in [0.15, 0.2) is 60.8 Å². The van der Waals surface area contributed by atoms with Gasteiger partial charge in [-0.3, -0.25) is 9.59 Å². The Kier molecular flexibility index (Phi) is 60.1. The molecule has 87 heavy (non-hydrogen) atoms. The van der Waals surface area contributed by atoms with Gasteiger partial charge in [-0.25, -0.2) is 0 Å². The molecule has 8 unspecified atom stereocenters. The molecule has 1 heterocycles. The quantitative estimate of drug-likeness (QED) is 0.0195. The summed E-state index contributed by atoms with van der Waals surface area (Å²) in [5, 5.41) is 57.3. The first-order chi connectivity index (χ1) is 42.7. The van der Waals surface area contributed by atoms with Crippen molar-refractivity contribution < 1.29 is 49.3 Å². The van der Waals surface area contributed by atoms with Crippen LogP contribution in [0.5, 0.6) is 0 Å². The maximum Gasteiger partial charge on any atom is 0.306 e. The number of hydrogen-bond acceptors (Lipinski definition) is 10. The van der Waals surface area contributed by atoms with E-state index < -0.39 is 67.4 Å². The second-order valence-corrected chi connectivity index (χ2v) is 25.7. The molecule has 0 aromatic carbocycles. The number of amides is 1. The Morgan fingerprint density at radius 3 is 1.22 bits per heavy atom. The summed E-state index contributed by atoms with van der Waals surface area (Å²) < 4.78 is 17.7. The lowest BCUT2D eigenvalue weighted by Crippen LogP contribution is -2.61. The van der Waals surface area contributed by atoms with E-state index in [2.05, 4.69) is 74.7 Å². The van der Waals surface area contributed by atoms with E-state index in [-0.39, 0.29) is 19.4 Å². The molecule has 1 saturated heterocycles. The van der Waals surface area contributed by atoms with Crippen LogP contribution in [0, 0.1) is 0 Å². The summed E-state index contributed by atoms with van der Waals surface area (Å²) in [5.74, 6) is -1.19. The zero-order valence-electron chi connectivity index (χ0n) is 56.6. The van der Waals surface area contributed by atoms with Gasteiger partial charge in [0.25, 0.3) is 0 Å². The second kappa shape index (κ2) is 63.5. The van der Waals surface area contributed by atoms with Gasteiger partial charge in [0.1, 0.15) is 24.4 Å². The minimum atomic E-state index is -1.62. The number of allylic oxidation sites excluding steroid dienone is 9. The molecule has 11 heteroatoms. The van der Waals surface area contributed by atoms with E-state index >= 15 is 0 Å². The molecule has 0 aromatic rings. The first-order valence-corrected chi connectivity index (χ1v) is 37.1. The van der Waals surface area contributed by atoms with Crippen LogP contribution in [0.4, 0.5) is 0 Å². The van der Waals surface area contributed by atoms with Crippen LogP contribution in [0.3, 0.4) is 0 Å². The molecule has 1 aliphatic rings. The highest BCUT2D eigenvalue weighted by atomic mass is 16.7. The van der Waals surface area contributed by atoms with E-state index in [9.17, 15) is 35.1 Å². The Balaban J connectivity index is 2.57. The van der Waals surface area contributed by atoms with Crippen molar-refractivity contribution in [2.75, 3.05) is 13.2 Å². The number of aliphatic hydroxyl groups excluding tert-OH is 5. The van der Waals surface area contributed by atoms with Gasteiger partial charge in [-0.15, -0.1) is 0 Å². The van der Waals surface area contributed by atoms with Crippen molar-refractivity contribution in [3.8, 4) is 0 Å².